The maximum absolute atomic E-state index is 2.35. The predicted octanol–water partition coefficient (Wildman–Crippen LogP) is 2.86. The molecule has 0 unspecified atom stereocenters. The highest BCUT2D eigenvalue weighted by molar-refractivity contribution is 6.39. The minimum atomic E-state index is 0.548. The smallest absolute Gasteiger partial charge is 0.0888 e. The van der Waals surface area contributed by atoms with Crippen LogP contribution in [0.25, 0.3) is 0 Å². The second-order valence-corrected chi connectivity index (χ2v) is 5.09. The molecule has 1 aliphatic carbocycles. The zero-order valence-electron chi connectivity index (χ0n) is 7.83. The molecule has 0 N–H and O–H groups in total. The van der Waals surface area contributed by atoms with E-state index in [2.05, 4.69) is 27.6 Å². The van der Waals surface area contributed by atoms with Gasteiger partial charge in [0, 0.05) is 0 Å². The lowest BCUT2D eigenvalue weighted by Gasteiger charge is -2.24. The molecule has 1 heteroatoms. The summed E-state index contributed by atoms with van der Waals surface area (Å²) in [5.74, 6) is 0. The molecule has 0 nitrogen and oxygen atoms in total. The lowest BCUT2D eigenvalue weighted by molar-refractivity contribution is 0.359. The van der Waals surface area contributed by atoms with Crippen LogP contribution < -0.4 is 0 Å². The second kappa shape index (κ2) is 2.28. The van der Waals surface area contributed by atoms with Crippen LogP contribution in [0.1, 0.15) is 40.0 Å². The topological polar surface area (TPSA) is 0 Å². The Balaban J connectivity index is 2.38. The summed E-state index contributed by atoms with van der Waals surface area (Å²) in [6, 6.07) is 0. The maximum atomic E-state index is 2.35. The van der Waals surface area contributed by atoms with Crippen molar-refractivity contribution in [2.75, 3.05) is 0 Å². The van der Waals surface area contributed by atoms with Crippen molar-refractivity contribution in [3.8, 4) is 0 Å². The van der Waals surface area contributed by atoms with Crippen molar-refractivity contribution in [2.24, 2.45) is 5.41 Å². The van der Waals surface area contributed by atoms with Gasteiger partial charge in [0.05, 0.1) is 0 Å². The molecule has 10 heavy (non-hydrogen) atoms. The Morgan fingerprint density at radius 1 is 1.30 bits per heavy atom. The van der Waals surface area contributed by atoms with Crippen LogP contribution >= 0.6 is 0 Å². The van der Waals surface area contributed by atoms with Crippen LogP contribution in [0.2, 0.25) is 12.1 Å². The van der Waals surface area contributed by atoms with E-state index in [1.165, 1.54) is 26.5 Å². The van der Waals surface area contributed by atoms with Crippen LogP contribution in [-0.4, -0.2) is 7.28 Å². The van der Waals surface area contributed by atoms with Crippen LogP contribution in [0.15, 0.2) is 0 Å². The number of hydrogen-bond acceptors (Lipinski definition) is 0. The third-order valence-corrected chi connectivity index (χ3v) is 2.61. The van der Waals surface area contributed by atoms with E-state index in [4.69, 9.17) is 0 Å². The molecule has 0 aromatic carbocycles. The summed E-state index contributed by atoms with van der Waals surface area (Å²) in [5.41, 5.74) is 0.548. The first kappa shape index (κ1) is 8.16. The van der Waals surface area contributed by atoms with Gasteiger partial charge >= 0.3 is 0 Å². The molecule has 0 aromatic heterocycles. The van der Waals surface area contributed by atoms with E-state index in [1.54, 1.807) is 0 Å². The minimum absolute atomic E-state index is 0.548. The minimum Gasteiger partial charge on any atom is -0.0888 e. The van der Waals surface area contributed by atoms with Gasteiger partial charge in [-0.15, -0.1) is 0 Å². The molecule has 1 aliphatic rings. The van der Waals surface area contributed by atoms with Crippen LogP contribution in [0.4, 0.5) is 0 Å². The summed E-state index contributed by atoms with van der Waals surface area (Å²) in [4.78, 5) is 0. The Hall–Kier alpha value is 0.0649. The molecule has 0 aliphatic heterocycles. The molecule has 0 spiro atoms. The van der Waals surface area contributed by atoms with E-state index in [0.29, 0.717) is 5.41 Å². The Morgan fingerprint density at radius 3 is 1.90 bits per heavy atom. The standard InChI is InChI=1S/C9H19B/c1-8(2,3)7-9(10-4)5-6-9/h10H,5-7H2,1-4H3. The number of rotatable bonds is 2. The summed E-state index contributed by atoms with van der Waals surface area (Å²) in [5, 5.41) is 0.776. The fourth-order valence-corrected chi connectivity index (χ4v) is 1.96. The van der Waals surface area contributed by atoms with Gasteiger partial charge in [-0.3, -0.25) is 0 Å². The van der Waals surface area contributed by atoms with Crippen molar-refractivity contribution in [1.82, 2.24) is 0 Å². The average Bonchev–Trinajstić information content (AvgIpc) is 2.45. The molecule has 1 fully saturated rings. The van der Waals surface area contributed by atoms with Gasteiger partial charge in [-0.05, 0) is 11.8 Å². The van der Waals surface area contributed by atoms with Gasteiger partial charge in [-0.2, -0.15) is 0 Å². The maximum Gasteiger partial charge on any atom is 0.125 e. The normalized spacial score (nSPS) is 22.4. The Morgan fingerprint density at radius 2 is 1.80 bits per heavy atom. The Labute approximate surface area is 65.6 Å². The first-order valence-electron chi connectivity index (χ1n) is 4.47. The molecule has 0 saturated heterocycles. The lowest BCUT2D eigenvalue weighted by Crippen LogP contribution is -2.13. The molecule has 0 amide bonds. The molecular formula is C9H19B. The van der Waals surface area contributed by atoms with E-state index in [-0.39, 0.29) is 0 Å². The van der Waals surface area contributed by atoms with Gasteiger partial charge < -0.3 is 0 Å². The summed E-state index contributed by atoms with van der Waals surface area (Å²) in [6.45, 7) is 9.38. The molecule has 0 atom stereocenters. The highest BCUT2D eigenvalue weighted by atomic mass is 14.4. The van der Waals surface area contributed by atoms with Crippen molar-refractivity contribution in [2.45, 2.75) is 52.2 Å². The second-order valence-electron chi connectivity index (χ2n) is 5.09. The molecular weight excluding hydrogens is 119 g/mol. The molecule has 58 valence electrons. The van der Waals surface area contributed by atoms with Crippen LogP contribution in [0.5, 0.6) is 0 Å². The summed E-state index contributed by atoms with van der Waals surface area (Å²) in [6.07, 6.45) is 4.40. The Bertz CT molecular complexity index is 117. The average molecular weight is 138 g/mol. The lowest BCUT2D eigenvalue weighted by atomic mass is 9.58. The third kappa shape index (κ3) is 2.03. The van der Waals surface area contributed by atoms with E-state index in [9.17, 15) is 0 Å². The molecule has 0 aromatic rings. The summed E-state index contributed by atoms with van der Waals surface area (Å²) >= 11 is 0. The van der Waals surface area contributed by atoms with E-state index >= 15 is 0 Å². The van der Waals surface area contributed by atoms with Crippen molar-refractivity contribution in [3.05, 3.63) is 0 Å². The zero-order valence-corrected chi connectivity index (χ0v) is 7.83. The summed E-state index contributed by atoms with van der Waals surface area (Å²) in [7, 11) is 1.39. The van der Waals surface area contributed by atoms with E-state index in [0.717, 1.165) is 5.31 Å². The van der Waals surface area contributed by atoms with Gasteiger partial charge in [0.25, 0.3) is 0 Å². The third-order valence-electron chi connectivity index (χ3n) is 2.61. The largest absolute Gasteiger partial charge is 0.125 e. The van der Waals surface area contributed by atoms with Crippen LogP contribution in [-0.2, 0) is 0 Å². The SMILES string of the molecule is CBC1(CC(C)(C)C)CC1. The van der Waals surface area contributed by atoms with Crippen molar-refractivity contribution < 1.29 is 0 Å². The van der Waals surface area contributed by atoms with Crippen molar-refractivity contribution in [3.63, 3.8) is 0 Å². The molecule has 0 radical (unpaired) electrons. The quantitative estimate of drug-likeness (QED) is 0.514. The Kier molecular flexibility index (Phi) is 1.87. The van der Waals surface area contributed by atoms with Crippen molar-refractivity contribution >= 4 is 7.28 Å². The monoisotopic (exact) mass is 138 g/mol. The first-order chi connectivity index (χ1) is 4.47. The van der Waals surface area contributed by atoms with Gasteiger partial charge in [0.2, 0.25) is 0 Å². The summed E-state index contributed by atoms with van der Waals surface area (Å²) < 4.78 is 0. The highest BCUT2D eigenvalue weighted by Crippen LogP contribution is 2.59. The number of hydrogen-bond donors (Lipinski definition) is 0. The molecule has 0 heterocycles. The highest BCUT2D eigenvalue weighted by Gasteiger charge is 2.43. The fraction of sp³-hybridized carbons (Fsp3) is 1.00. The van der Waals surface area contributed by atoms with E-state index in [1.807, 2.05) is 0 Å². The predicted molar refractivity (Wildman–Crippen MR) is 49.0 cm³/mol. The van der Waals surface area contributed by atoms with Gasteiger partial charge in [0.15, 0.2) is 0 Å². The zero-order chi connectivity index (χ0) is 7.83. The molecule has 1 saturated carbocycles. The first-order valence-corrected chi connectivity index (χ1v) is 4.47. The van der Waals surface area contributed by atoms with Gasteiger partial charge in [0.1, 0.15) is 7.28 Å². The van der Waals surface area contributed by atoms with Crippen LogP contribution in [0.3, 0.4) is 0 Å². The van der Waals surface area contributed by atoms with Crippen molar-refractivity contribution in [1.29, 1.82) is 0 Å². The van der Waals surface area contributed by atoms with Crippen LogP contribution in [0, 0.1) is 5.41 Å². The van der Waals surface area contributed by atoms with E-state index < -0.39 is 0 Å². The van der Waals surface area contributed by atoms with Gasteiger partial charge in [-0.25, -0.2) is 0 Å². The molecule has 0 bridgehead atoms. The fourth-order valence-electron chi connectivity index (χ4n) is 1.96. The molecule has 1 rings (SSSR count). The van der Waals surface area contributed by atoms with Gasteiger partial charge in [-0.1, -0.05) is 45.8 Å².